The van der Waals surface area contributed by atoms with Crippen LogP contribution in [0.1, 0.15) is 11.7 Å². The third-order valence-electron chi connectivity index (χ3n) is 2.68. The molecule has 0 unspecified atom stereocenters. The number of aryl methyl sites for hydroxylation is 1. The van der Waals surface area contributed by atoms with Crippen LogP contribution >= 0.6 is 11.6 Å². The summed E-state index contributed by atoms with van der Waals surface area (Å²) in [5, 5.41) is 3.69. The van der Waals surface area contributed by atoms with Gasteiger partial charge in [-0.25, -0.2) is 9.37 Å². The zero-order chi connectivity index (χ0) is 13.6. The van der Waals surface area contributed by atoms with E-state index in [0.717, 1.165) is 0 Å². The molecule has 2 aromatic heterocycles. The van der Waals surface area contributed by atoms with Gasteiger partial charge in [0.2, 0.25) is 11.8 Å². The summed E-state index contributed by atoms with van der Waals surface area (Å²) in [5.74, 6) is 0.593. The Hall–Kier alpha value is -2.15. The topological polar surface area (TPSA) is 82.8 Å². The molecule has 0 radical (unpaired) electrons. The van der Waals surface area contributed by atoms with Gasteiger partial charge >= 0.3 is 0 Å². The van der Waals surface area contributed by atoms with Gasteiger partial charge in [-0.1, -0.05) is 16.8 Å². The minimum atomic E-state index is -0.531. The molecule has 0 spiro atoms. The number of nitrogens with two attached hydrogens (primary N) is 1. The van der Waals surface area contributed by atoms with Crippen LogP contribution < -0.4 is 5.73 Å². The Kier molecular flexibility index (Phi) is 2.63. The van der Waals surface area contributed by atoms with Crippen molar-refractivity contribution in [2.24, 2.45) is 0 Å². The van der Waals surface area contributed by atoms with Crippen molar-refractivity contribution in [2.75, 3.05) is 5.73 Å². The zero-order valence-corrected chi connectivity index (χ0v) is 10.6. The lowest BCUT2D eigenvalue weighted by atomic mass is 10.3. The van der Waals surface area contributed by atoms with Crippen LogP contribution in [0.4, 0.5) is 10.3 Å². The first-order valence-corrected chi connectivity index (χ1v) is 5.82. The van der Waals surface area contributed by atoms with Crippen LogP contribution in [0.2, 0.25) is 5.02 Å². The largest absolute Gasteiger partial charge is 0.369 e. The molecule has 0 aliphatic heterocycles. The Bertz CT molecular complexity index is 766. The predicted octanol–water partition coefficient (Wildman–Crippen LogP) is 2.15. The second kappa shape index (κ2) is 4.20. The number of hydrogen-bond acceptors (Lipinski definition) is 5. The van der Waals surface area contributed by atoms with Crippen LogP contribution in [0.25, 0.3) is 11.0 Å². The molecule has 2 N–H and O–H groups in total. The fourth-order valence-electron chi connectivity index (χ4n) is 1.84. The SMILES string of the molecule is Cc1noc(Cn2c(N)nc3cc(Cl)c(F)cc32)n1. The molecule has 0 aliphatic rings. The molecule has 0 bridgehead atoms. The molecule has 6 nitrogen and oxygen atoms in total. The van der Waals surface area contributed by atoms with E-state index < -0.39 is 5.82 Å². The van der Waals surface area contributed by atoms with Crippen LogP contribution in [-0.2, 0) is 6.54 Å². The molecule has 0 saturated heterocycles. The van der Waals surface area contributed by atoms with E-state index in [9.17, 15) is 4.39 Å². The van der Waals surface area contributed by atoms with E-state index in [1.54, 1.807) is 11.5 Å². The normalized spacial score (nSPS) is 11.3. The maximum absolute atomic E-state index is 13.5. The molecule has 0 fully saturated rings. The van der Waals surface area contributed by atoms with E-state index in [2.05, 4.69) is 15.1 Å². The number of fused-ring (bicyclic) bond motifs is 1. The maximum atomic E-state index is 13.5. The van der Waals surface area contributed by atoms with Crippen molar-refractivity contribution >= 4 is 28.6 Å². The minimum Gasteiger partial charge on any atom is -0.369 e. The standard InChI is InChI=1S/C11H9ClFN5O/c1-5-15-10(19-17-5)4-18-9-3-7(13)6(12)2-8(9)16-11(18)14/h2-3H,4H2,1H3,(H2,14,16). The third kappa shape index (κ3) is 2.01. The molecule has 0 saturated carbocycles. The summed E-state index contributed by atoms with van der Waals surface area (Å²) in [6.45, 7) is 1.94. The van der Waals surface area contributed by atoms with Gasteiger partial charge in [0.15, 0.2) is 5.82 Å². The Labute approximate surface area is 112 Å². The highest BCUT2D eigenvalue weighted by Crippen LogP contribution is 2.25. The molecule has 2 heterocycles. The summed E-state index contributed by atoms with van der Waals surface area (Å²) in [5.41, 5.74) is 6.84. The quantitative estimate of drug-likeness (QED) is 0.778. The number of nitrogen functional groups attached to an aromatic ring is 1. The van der Waals surface area contributed by atoms with Crippen LogP contribution in [0.15, 0.2) is 16.7 Å². The molecular formula is C11H9ClFN5O. The smallest absolute Gasteiger partial charge is 0.246 e. The molecule has 98 valence electrons. The number of benzene rings is 1. The van der Waals surface area contributed by atoms with Gasteiger partial charge in [-0.3, -0.25) is 0 Å². The van der Waals surface area contributed by atoms with Crippen LogP contribution in [0.3, 0.4) is 0 Å². The van der Waals surface area contributed by atoms with E-state index in [1.807, 2.05) is 0 Å². The lowest BCUT2D eigenvalue weighted by molar-refractivity contribution is 0.369. The summed E-state index contributed by atoms with van der Waals surface area (Å²) in [4.78, 5) is 8.19. The second-order valence-corrected chi connectivity index (χ2v) is 4.45. The first-order valence-electron chi connectivity index (χ1n) is 5.44. The fourth-order valence-corrected chi connectivity index (χ4v) is 2.00. The summed E-state index contributed by atoms with van der Waals surface area (Å²) >= 11 is 5.71. The Morgan fingerprint density at radius 1 is 1.42 bits per heavy atom. The van der Waals surface area contributed by atoms with Gasteiger partial charge in [0.05, 0.1) is 16.1 Å². The van der Waals surface area contributed by atoms with Gasteiger partial charge in [0.1, 0.15) is 12.4 Å². The van der Waals surface area contributed by atoms with Crippen molar-refractivity contribution < 1.29 is 8.91 Å². The summed E-state index contributed by atoms with van der Waals surface area (Å²) in [7, 11) is 0. The van der Waals surface area contributed by atoms with E-state index >= 15 is 0 Å². The van der Waals surface area contributed by atoms with Crippen LogP contribution in [0.5, 0.6) is 0 Å². The second-order valence-electron chi connectivity index (χ2n) is 4.05. The van der Waals surface area contributed by atoms with E-state index in [4.69, 9.17) is 21.9 Å². The van der Waals surface area contributed by atoms with Crippen LogP contribution in [-0.4, -0.2) is 19.7 Å². The summed E-state index contributed by atoms with van der Waals surface area (Å²) < 4.78 is 20.1. The van der Waals surface area contributed by atoms with Gasteiger partial charge < -0.3 is 14.8 Å². The average molecular weight is 282 g/mol. The number of rotatable bonds is 2. The molecule has 3 aromatic rings. The van der Waals surface area contributed by atoms with E-state index in [1.165, 1.54) is 12.1 Å². The lowest BCUT2D eigenvalue weighted by Gasteiger charge is -2.02. The first-order chi connectivity index (χ1) is 9.04. The molecule has 0 aliphatic carbocycles. The predicted molar refractivity (Wildman–Crippen MR) is 67.3 cm³/mol. The highest BCUT2D eigenvalue weighted by atomic mass is 35.5. The number of anilines is 1. The zero-order valence-electron chi connectivity index (χ0n) is 9.89. The monoisotopic (exact) mass is 281 g/mol. The van der Waals surface area contributed by atoms with Gasteiger partial charge in [-0.2, -0.15) is 4.98 Å². The van der Waals surface area contributed by atoms with Gasteiger partial charge in [-0.05, 0) is 13.0 Å². The molecule has 0 atom stereocenters. The van der Waals surface area contributed by atoms with Gasteiger partial charge in [0.25, 0.3) is 0 Å². The maximum Gasteiger partial charge on any atom is 0.246 e. The highest BCUT2D eigenvalue weighted by molar-refractivity contribution is 6.31. The number of halogens is 2. The average Bonchev–Trinajstić information content (AvgIpc) is 2.87. The minimum absolute atomic E-state index is 0.00536. The van der Waals surface area contributed by atoms with Crippen molar-refractivity contribution in [3.8, 4) is 0 Å². The van der Waals surface area contributed by atoms with E-state index in [-0.39, 0.29) is 17.5 Å². The number of hydrogen-bond donors (Lipinski definition) is 1. The summed E-state index contributed by atoms with van der Waals surface area (Å²) in [6, 6.07) is 2.71. The Morgan fingerprint density at radius 3 is 2.89 bits per heavy atom. The first kappa shape index (κ1) is 11.9. The fraction of sp³-hybridized carbons (Fsp3) is 0.182. The summed E-state index contributed by atoms with van der Waals surface area (Å²) in [6.07, 6.45) is 0. The highest BCUT2D eigenvalue weighted by Gasteiger charge is 2.14. The lowest BCUT2D eigenvalue weighted by Crippen LogP contribution is -2.05. The number of aromatic nitrogens is 4. The van der Waals surface area contributed by atoms with Gasteiger partial charge in [-0.15, -0.1) is 0 Å². The molecule has 1 aromatic carbocycles. The Morgan fingerprint density at radius 2 is 2.21 bits per heavy atom. The molecule has 3 rings (SSSR count). The molecule has 8 heteroatoms. The Balaban J connectivity index is 2.12. The third-order valence-corrected chi connectivity index (χ3v) is 2.97. The molecule has 19 heavy (non-hydrogen) atoms. The van der Waals surface area contributed by atoms with Crippen molar-refractivity contribution in [2.45, 2.75) is 13.5 Å². The van der Waals surface area contributed by atoms with Crippen molar-refractivity contribution in [3.63, 3.8) is 0 Å². The van der Waals surface area contributed by atoms with Crippen LogP contribution in [0, 0.1) is 12.7 Å². The van der Waals surface area contributed by atoms with Crippen molar-refractivity contribution in [3.05, 3.63) is 34.7 Å². The van der Waals surface area contributed by atoms with E-state index in [0.29, 0.717) is 22.7 Å². The van der Waals surface area contributed by atoms with Crippen molar-refractivity contribution in [1.29, 1.82) is 0 Å². The number of nitrogens with zero attached hydrogens (tertiary/aromatic N) is 4. The van der Waals surface area contributed by atoms with Gasteiger partial charge in [0, 0.05) is 6.07 Å². The molecule has 0 amide bonds. The molecular weight excluding hydrogens is 273 g/mol. The number of imidazole rings is 1. The van der Waals surface area contributed by atoms with Crippen molar-refractivity contribution in [1.82, 2.24) is 19.7 Å².